The molecule has 0 aliphatic rings. The Kier molecular flexibility index (Phi) is 9.99. The molecule has 0 amide bonds. The zero-order valence-electron chi connectivity index (χ0n) is 33.3. The molecule has 14 radical (unpaired) electrons. The monoisotopic (exact) mass is 773 g/mol. The fourth-order valence-electron chi connectivity index (χ4n) is 8.05. The molecule has 11 heteroatoms. The van der Waals surface area contributed by atoms with Crippen LogP contribution in [-0.4, -0.2) is 69.9 Å². The highest BCUT2D eigenvalue weighted by Gasteiger charge is 2.24. The normalized spacial score (nSPS) is 11.4. The van der Waals surface area contributed by atoms with Gasteiger partial charge in [-0.1, -0.05) is 155 Å². The maximum absolute atomic E-state index is 6.92. The summed E-state index contributed by atoms with van der Waals surface area (Å²) in [6.07, 6.45) is 0. The van der Waals surface area contributed by atoms with Crippen LogP contribution in [0.3, 0.4) is 0 Å². The average molecular weight is 772 g/mol. The zero-order valence-corrected chi connectivity index (χ0v) is 33.3. The van der Waals surface area contributed by atoms with E-state index < -0.39 is 0 Å². The van der Waals surface area contributed by atoms with Gasteiger partial charge in [0, 0.05) is 33.0 Å². The van der Waals surface area contributed by atoms with Crippen molar-refractivity contribution in [1.82, 2.24) is 15.0 Å². The molecule has 0 spiro atoms. The molecule has 0 aliphatic carbocycles. The predicted octanol–water partition coefficient (Wildman–Crippen LogP) is 5.00. The minimum Gasteiger partial charge on any atom is -0.456 e. The molecule has 10 aromatic rings. The Morgan fingerprint density at radius 1 is 0.274 bits per heavy atom. The van der Waals surface area contributed by atoms with E-state index in [0.717, 1.165) is 44.5 Å². The molecule has 0 saturated heterocycles. The number of fused-ring (bicyclic) bond motifs is 3. The molecule has 0 aliphatic heterocycles. The second kappa shape index (κ2) is 15.8. The second-order valence-corrected chi connectivity index (χ2v) is 15.1. The van der Waals surface area contributed by atoms with Crippen LogP contribution >= 0.6 is 0 Å². The van der Waals surface area contributed by atoms with Crippen LogP contribution in [0.25, 0.3) is 101 Å². The summed E-state index contributed by atoms with van der Waals surface area (Å²) in [5.74, 6) is 1.43. The molecule has 8 aromatic carbocycles. The molecule has 272 valence electrons. The molecule has 62 heavy (non-hydrogen) atoms. The first-order valence-corrected chi connectivity index (χ1v) is 19.9. The first-order valence-electron chi connectivity index (χ1n) is 19.9. The molecular formula is C51H26B7N3O. The van der Waals surface area contributed by atoms with E-state index in [0.29, 0.717) is 50.5 Å². The van der Waals surface area contributed by atoms with E-state index in [1.54, 1.807) is 0 Å². The van der Waals surface area contributed by atoms with Gasteiger partial charge in [0.05, 0.1) is 0 Å². The highest BCUT2D eigenvalue weighted by Crippen LogP contribution is 2.37. The Labute approximate surface area is 369 Å². The van der Waals surface area contributed by atoms with Crippen molar-refractivity contribution in [1.29, 1.82) is 0 Å². The summed E-state index contributed by atoms with van der Waals surface area (Å²) in [5, 5.41) is 0.822. The van der Waals surface area contributed by atoms with E-state index in [2.05, 4.69) is 48.5 Å². The lowest BCUT2D eigenvalue weighted by Crippen LogP contribution is -2.47. The molecule has 0 N–H and O–H groups in total. The summed E-state index contributed by atoms with van der Waals surface area (Å²) in [4.78, 5) is 15.4. The molecular weight excluding hydrogens is 746 g/mol. The van der Waals surface area contributed by atoms with Crippen LogP contribution in [0.4, 0.5) is 0 Å². The number of aromatic nitrogens is 3. The van der Waals surface area contributed by atoms with Gasteiger partial charge in [-0.15, -0.1) is 16.4 Å². The fourth-order valence-corrected chi connectivity index (χ4v) is 8.05. The Hall–Kier alpha value is -6.98. The van der Waals surface area contributed by atoms with E-state index in [1.807, 2.05) is 109 Å². The van der Waals surface area contributed by atoms with Gasteiger partial charge in [0.25, 0.3) is 0 Å². The van der Waals surface area contributed by atoms with Crippen molar-refractivity contribution < 1.29 is 4.42 Å². The quantitative estimate of drug-likeness (QED) is 0.215. The van der Waals surface area contributed by atoms with Crippen LogP contribution in [0, 0.1) is 0 Å². The van der Waals surface area contributed by atoms with E-state index in [1.165, 1.54) is 0 Å². The van der Waals surface area contributed by atoms with Crippen molar-refractivity contribution >= 4 is 115 Å². The largest absolute Gasteiger partial charge is 0.456 e. The first kappa shape index (κ1) is 39.2. The number of hydrogen-bond donors (Lipinski definition) is 0. The van der Waals surface area contributed by atoms with Gasteiger partial charge in [-0.25, -0.2) is 15.0 Å². The standard InChI is InChI=1S/C51H26B7N3O/c52-40-37(47-38(41(53)43(40)55)39-42(54)44(56)45(57)46(58)48(39)62-47)35-24-34(29-15-8-3-9-16-29)25-36(26-35)51-60-49(31-21-19-30(20-22-31)27-11-4-1-5-12-27)59-50(61-51)33-18-10-17-32(23-33)28-13-6-2-7-14-28/h1-26H. The van der Waals surface area contributed by atoms with Crippen LogP contribution in [0.15, 0.2) is 162 Å². The summed E-state index contributed by atoms with van der Waals surface area (Å²) >= 11 is 0. The molecule has 0 bridgehead atoms. The third-order valence-corrected chi connectivity index (χ3v) is 11.3. The molecule has 0 unspecified atom stereocenters. The summed E-state index contributed by atoms with van der Waals surface area (Å²) in [7, 11) is 46.0. The maximum Gasteiger partial charge on any atom is 0.164 e. The van der Waals surface area contributed by atoms with Gasteiger partial charge in [0.2, 0.25) is 0 Å². The maximum atomic E-state index is 6.92. The number of hydrogen-bond acceptors (Lipinski definition) is 4. The van der Waals surface area contributed by atoms with E-state index in [4.69, 9.17) is 74.3 Å². The van der Waals surface area contributed by atoms with Crippen LogP contribution in [0.1, 0.15) is 0 Å². The summed E-state index contributed by atoms with van der Waals surface area (Å²) in [6.45, 7) is 0. The van der Waals surface area contributed by atoms with Crippen molar-refractivity contribution in [2.75, 3.05) is 0 Å². The van der Waals surface area contributed by atoms with Crippen LogP contribution in [0.2, 0.25) is 0 Å². The predicted molar refractivity (Wildman–Crippen MR) is 263 cm³/mol. The minimum atomic E-state index is 0.105. The van der Waals surface area contributed by atoms with Gasteiger partial charge in [-0.2, -0.15) is 0 Å². The smallest absolute Gasteiger partial charge is 0.164 e. The van der Waals surface area contributed by atoms with Crippen molar-refractivity contribution in [3.05, 3.63) is 158 Å². The minimum absolute atomic E-state index is 0.105. The molecule has 4 nitrogen and oxygen atoms in total. The van der Waals surface area contributed by atoms with Gasteiger partial charge in [0.1, 0.15) is 66.1 Å². The molecule has 0 saturated carbocycles. The van der Waals surface area contributed by atoms with Crippen molar-refractivity contribution in [2.24, 2.45) is 0 Å². The number of rotatable bonds is 7. The summed E-state index contributed by atoms with van der Waals surface area (Å²) in [5.41, 5.74) is 11.1. The average Bonchev–Trinajstić information content (AvgIpc) is 3.73. The molecule has 0 fully saturated rings. The van der Waals surface area contributed by atoms with Crippen molar-refractivity contribution in [3.8, 4) is 78.7 Å². The number of furan rings is 1. The van der Waals surface area contributed by atoms with E-state index in [-0.39, 0.29) is 43.8 Å². The summed E-state index contributed by atoms with van der Waals surface area (Å²) < 4.78 is 6.54. The van der Waals surface area contributed by atoms with Gasteiger partial charge >= 0.3 is 0 Å². The number of benzene rings is 8. The third kappa shape index (κ3) is 6.82. The second-order valence-electron chi connectivity index (χ2n) is 15.1. The van der Waals surface area contributed by atoms with Gasteiger partial charge in [0.15, 0.2) is 17.5 Å². The summed E-state index contributed by atoms with van der Waals surface area (Å²) in [6, 6.07) is 52.8. The van der Waals surface area contributed by atoms with Gasteiger partial charge < -0.3 is 4.42 Å². The van der Waals surface area contributed by atoms with E-state index >= 15 is 0 Å². The molecule has 10 rings (SSSR count). The highest BCUT2D eigenvalue weighted by atomic mass is 16.3. The molecule has 0 atom stereocenters. The van der Waals surface area contributed by atoms with E-state index in [9.17, 15) is 0 Å². The Morgan fingerprint density at radius 3 is 1.27 bits per heavy atom. The topological polar surface area (TPSA) is 51.8 Å². The SMILES string of the molecule is [B]c1c([B])c([B])c2c(oc3c(-c4cc(-c5ccccc5)cc(-c5nc(-c6ccc(-c7ccccc7)cc6)nc(-c6cccc(-c7ccccc7)c6)n5)c4)c([B])c([B])c([B])c32)c1[B]. The first-order chi connectivity index (χ1) is 30.1. The van der Waals surface area contributed by atoms with Gasteiger partial charge in [-0.05, 0) is 63.2 Å². The van der Waals surface area contributed by atoms with Crippen LogP contribution < -0.4 is 38.2 Å². The molecule has 2 heterocycles. The zero-order chi connectivity index (χ0) is 42.6. The lowest BCUT2D eigenvalue weighted by molar-refractivity contribution is 0.673. The third-order valence-electron chi connectivity index (χ3n) is 11.3. The fraction of sp³-hybridized carbons (Fsp3) is 0. The Morgan fingerprint density at radius 2 is 0.661 bits per heavy atom. The van der Waals surface area contributed by atoms with Gasteiger partial charge in [-0.3, -0.25) is 0 Å². The number of nitrogens with zero attached hydrogens (tertiary/aromatic N) is 3. The lowest BCUT2D eigenvalue weighted by Gasteiger charge is -2.18. The molecule has 2 aromatic heterocycles. The Bertz CT molecular complexity index is 3360. The van der Waals surface area contributed by atoms with Crippen LogP contribution in [-0.2, 0) is 0 Å². The van der Waals surface area contributed by atoms with Crippen molar-refractivity contribution in [2.45, 2.75) is 0 Å². The lowest BCUT2D eigenvalue weighted by atomic mass is 9.64. The van der Waals surface area contributed by atoms with Crippen LogP contribution in [0.5, 0.6) is 0 Å². The Balaban J connectivity index is 1.23. The highest BCUT2D eigenvalue weighted by molar-refractivity contribution is 6.69. The van der Waals surface area contributed by atoms with Crippen molar-refractivity contribution in [3.63, 3.8) is 0 Å².